The maximum atomic E-state index is 5.04. The van der Waals surface area contributed by atoms with Crippen LogP contribution in [0.25, 0.3) is 0 Å². The van der Waals surface area contributed by atoms with E-state index in [-0.39, 0.29) is 10.8 Å². The van der Waals surface area contributed by atoms with E-state index in [1.54, 1.807) is 5.56 Å². The SMILES string of the molecule is CC.CC.CCCc1c(C(C)(C)C)nc(C)c(C(C)(C)C)c1CC. The maximum absolute atomic E-state index is 5.04. The molecule has 0 aliphatic heterocycles. The molecule has 0 unspecified atom stereocenters. The van der Waals surface area contributed by atoms with Crippen LogP contribution in [0.2, 0.25) is 0 Å². The molecule has 1 rings (SSSR count). The van der Waals surface area contributed by atoms with Crippen molar-refractivity contribution < 1.29 is 0 Å². The van der Waals surface area contributed by atoms with Gasteiger partial charge in [-0.2, -0.15) is 0 Å². The Morgan fingerprint density at radius 2 is 1.21 bits per heavy atom. The molecule has 0 saturated carbocycles. The molecule has 1 nitrogen and oxygen atoms in total. The summed E-state index contributed by atoms with van der Waals surface area (Å²) in [6, 6.07) is 0. The van der Waals surface area contributed by atoms with Gasteiger partial charge in [0.1, 0.15) is 0 Å². The molecule has 0 saturated heterocycles. The Labute approximate surface area is 153 Å². The van der Waals surface area contributed by atoms with Crippen LogP contribution in [0, 0.1) is 6.92 Å². The minimum atomic E-state index is 0.121. The van der Waals surface area contributed by atoms with Crippen LogP contribution in [0.15, 0.2) is 0 Å². The van der Waals surface area contributed by atoms with Gasteiger partial charge in [0.05, 0.1) is 0 Å². The summed E-state index contributed by atoms with van der Waals surface area (Å²) in [4.78, 5) is 5.04. The fourth-order valence-electron chi connectivity index (χ4n) is 3.33. The van der Waals surface area contributed by atoms with Gasteiger partial charge in [0.2, 0.25) is 0 Å². The Morgan fingerprint density at radius 3 is 1.50 bits per heavy atom. The second-order valence-electron chi connectivity index (χ2n) is 7.98. The number of hydrogen-bond donors (Lipinski definition) is 0. The molecule has 0 bridgehead atoms. The van der Waals surface area contributed by atoms with Crippen LogP contribution in [-0.2, 0) is 23.7 Å². The molecular weight excluding hydrogens is 290 g/mol. The van der Waals surface area contributed by atoms with E-state index in [0.717, 1.165) is 12.8 Å². The third kappa shape index (κ3) is 6.57. The zero-order chi connectivity index (χ0) is 19.7. The van der Waals surface area contributed by atoms with Crippen LogP contribution in [0.4, 0.5) is 0 Å². The van der Waals surface area contributed by atoms with Gasteiger partial charge in [-0.3, -0.25) is 4.98 Å². The van der Waals surface area contributed by atoms with Gasteiger partial charge in [-0.05, 0) is 41.9 Å². The second kappa shape index (κ2) is 10.9. The molecule has 0 amide bonds. The van der Waals surface area contributed by atoms with E-state index in [0.29, 0.717) is 0 Å². The molecule has 0 aromatic carbocycles. The lowest BCUT2D eigenvalue weighted by Crippen LogP contribution is -2.25. The lowest BCUT2D eigenvalue weighted by atomic mass is 9.76. The summed E-state index contributed by atoms with van der Waals surface area (Å²) in [5.41, 5.74) is 7.35. The molecule has 1 heterocycles. The Morgan fingerprint density at radius 1 is 0.750 bits per heavy atom. The quantitative estimate of drug-likeness (QED) is 0.555. The normalized spacial score (nSPS) is 11.2. The van der Waals surface area contributed by atoms with E-state index in [4.69, 9.17) is 4.98 Å². The standard InChI is InChI=1S/C19H33N.2C2H6/c1-10-12-15-14(11-2)16(18(4,5)6)13(3)20-17(15)19(7,8)9;2*1-2/h10-12H2,1-9H3;2*1-2H3. The van der Waals surface area contributed by atoms with Gasteiger partial charge in [-0.25, -0.2) is 0 Å². The van der Waals surface area contributed by atoms with Crippen LogP contribution >= 0.6 is 0 Å². The predicted octanol–water partition coefficient (Wildman–Crippen LogP) is 7.55. The highest BCUT2D eigenvalue weighted by Crippen LogP contribution is 2.36. The first kappa shape index (κ1) is 25.4. The van der Waals surface area contributed by atoms with Crippen molar-refractivity contribution in [2.24, 2.45) is 0 Å². The first-order chi connectivity index (χ1) is 11.0. The van der Waals surface area contributed by atoms with Gasteiger partial charge < -0.3 is 0 Å². The monoisotopic (exact) mass is 335 g/mol. The molecule has 1 aromatic heterocycles. The molecular formula is C23H45N. The smallest absolute Gasteiger partial charge is 0.0495 e. The van der Waals surface area contributed by atoms with Crippen LogP contribution < -0.4 is 0 Å². The average Bonchev–Trinajstić information content (AvgIpc) is 2.50. The molecule has 1 aromatic rings. The molecule has 0 atom stereocenters. The lowest BCUT2D eigenvalue weighted by Gasteiger charge is -2.31. The largest absolute Gasteiger partial charge is 0.257 e. The van der Waals surface area contributed by atoms with Crippen molar-refractivity contribution in [3.05, 3.63) is 28.1 Å². The highest BCUT2D eigenvalue weighted by molar-refractivity contribution is 5.46. The molecule has 0 radical (unpaired) electrons. The third-order valence-electron chi connectivity index (χ3n) is 3.91. The lowest BCUT2D eigenvalue weighted by molar-refractivity contribution is 0.536. The van der Waals surface area contributed by atoms with Crippen molar-refractivity contribution in [1.82, 2.24) is 4.98 Å². The zero-order valence-electron chi connectivity index (χ0n) is 19.1. The predicted molar refractivity (Wildman–Crippen MR) is 112 cm³/mol. The fraction of sp³-hybridized carbons (Fsp3) is 0.783. The van der Waals surface area contributed by atoms with Gasteiger partial charge in [-0.15, -0.1) is 0 Å². The molecule has 0 N–H and O–H groups in total. The highest BCUT2D eigenvalue weighted by atomic mass is 14.7. The van der Waals surface area contributed by atoms with Crippen molar-refractivity contribution in [3.63, 3.8) is 0 Å². The molecule has 0 aliphatic rings. The highest BCUT2D eigenvalue weighted by Gasteiger charge is 2.28. The van der Waals surface area contributed by atoms with E-state index in [2.05, 4.69) is 62.3 Å². The number of rotatable bonds is 3. The Kier molecular flexibility index (Phi) is 11.5. The second-order valence-corrected chi connectivity index (χ2v) is 7.98. The van der Waals surface area contributed by atoms with Crippen molar-refractivity contribution in [3.8, 4) is 0 Å². The van der Waals surface area contributed by atoms with E-state index in [9.17, 15) is 0 Å². The van der Waals surface area contributed by atoms with Gasteiger partial charge >= 0.3 is 0 Å². The van der Waals surface area contributed by atoms with Crippen molar-refractivity contribution in [2.75, 3.05) is 0 Å². The topological polar surface area (TPSA) is 12.9 Å². The fourth-order valence-corrected chi connectivity index (χ4v) is 3.33. The number of hydrogen-bond acceptors (Lipinski definition) is 1. The minimum Gasteiger partial charge on any atom is -0.257 e. The summed E-state index contributed by atoms with van der Waals surface area (Å²) in [7, 11) is 0. The van der Waals surface area contributed by atoms with Gasteiger partial charge in [-0.1, -0.05) is 89.5 Å². The van der Waals surface area contributed by atoms with E-state index in [1.807, 2.05) is 27.7 Å². The summed E-state index contributed by atoms with van der Waals surface area (Å²) in [5, 5.41) is 0. The summed E-state index contributed by atoms with van der Waals surface area (Å²) in [5.74, 6) is 0. The molecule has 24 heavy (non-hydrogen) atoms. The molecule has 0 fully saturated rings. The first-order valence-electron chi connectivity index (χ1n) is 10.1. The van der Waals surface area contributed by atoms with Gasteiger partial charge in [0.25, 0.3) is 0 Å². The number of aryl methyl sites for hydroxylation is 1. The Balaban J connectivity index is 0. The summed E-state index contributed by atoms with van der Waals surface area (Å²) in [6.45, 7) is 28.5. The number of pyridine rings is 1. The third-order valence-corrected chi connectivity index (χ3v) is 3.91. The van der Waals surface area contributed by atoms with Crippen LogP contribution in [-0.4, -0.2) is 4.98 Å². The summed E-state index contributed by atoms with van der Waals surface area (Å²) < 4.78 is 0. The number of aromatic nitrogens is 1. The van der Waals surface area contributed by atoms with Crippen molar-refractivity contribution in [2.45, 2.75) is 120 Å². The van der Waals surface area contributed by atoms with E-state index in [1.165, 1.54) is 28.9 Å². The van der Waals surface area contributed by atoms with Crippen LogP contribution in [0.3, 0.4) is 0 Å². The van der Waals surface area contributed by atoms with Crippen LogP contribution in [0.1, 0.15) is 118 Å². The van der Waals surface area contributed by atoms with Crippen molar-refractivity contribution >= 4 is 0 Å². The summed E-state index contributed by atoms with van der Waals surface area (Å²) in [6.07, 6.45) is 3.44. The minimum absolute atomic E-state index is 0.121. The summed E-state index contributed by atoms with van der Waals surface area (Å²) >= 11 is 0. The Bertz CT molecular complexity index is 470. The zero-order valence-corrected chi connectivity index (χ0v) is 19.1. The first-order valence-corrected chi connectivity index (χ1v) is 10.1. The van der Waals surface area contributed by atoms with Crippen molar-refractivity contribution in [1.29, 1.82) is 0 Å². The average molecular weight is 336 g/mol. The molecule has 0 aliphatic carbocycles. The molecule has 1 heteroatoms. The van der Waals surface area contributed by atoms with E-state index < -0.39 is 0 Å². The Hall–Kier alpha value is -0.850. The van der Waals surface area contributed by atoms with E-state index >= 15 is 0 Å². The molecule has 0 spiro atoms. The maximum Gasteiger partial charge on any atom is 0.0495 e. The number of nitrogens with zero attached hydrogens (tertiary/aromatic N) is 1. The van der Waals surface area contributed by atoms with Gasteiger partial charge in [0, 0.05) is 16.8 Å². The van der Waals surface area contributed by atoms with Crippen LogP contribution in [0.5, 0.6) is 0 Å². The molecule has 142 valence electrons. The van der Waals surface area contributed by atoms with Gasteiger partial charge in [0.15, 0.2) is 0 Å².